The second-order valence-corrected chi connectivity index (χ2v) is 18.5. The molecule has 0 spiro atoms. The third-order valence-corrected chi connectivity index (χ3v) is 14.3. The highest BCUT2D eigenvalue weighted by molar-refractivity contribution is 6.39. The van der Waals surface area contributed by atoms with Crippen molar-refractivity contribution in [2.45, 2.75) is 51.4 Å². The molecule has 0 aliphatic heterocycles. The number of hydrogen-bond acceptors (Lipinski definition) is 4. The number of furan rings is 1. The van der Waals surface area contributed by atoms with Crippen molar-refractivity contribution in [3.63, 3.8) is 0 Å². The fraction of sp³-hybridized carbons (Fsp3) is 0.196. The van der Waals surface area contributed by atoms with E-state index < -0.39 is 0 Å². The fourth-order valence-electron chi connectivity index (χ4n) is 12.0. The molecule has 4 heterocycles. The molecule has 0 saturated heterocycles. The van der Waals surface area contributed by atoms with E-state index in [0.29, 0.717) is 0 Å². The molecular formula is C56H45N5O. The first kappa shape index (κ1) is 35.7. The molecule has 0 N–H and O–H groups in total. The monoisotopic (exact) mass is 803 g/mol. The van der Waals surface area contributed by atoms with Crippen LogP contribution in [0.3, 0.4) is 0 Å². The molecule has 2 unspecified atom stereocenters. The second kappa shape index (κ2) is 13.5. The first-order valence-corrected chi connectivity index (χ1v) is 22.3. The average molecular weight is 804 g/mol. The van der Waals surface area contributed by atoms with Crippen LogP contribution < -0.4 is 0 Å². The van der Waals surface area contributed by atoms with Gasteiger partial charge in [-0.05, 0) is 104 Å². The number of fused-ring (bicyclic) bond motifs is 14. The number of aromatic nitrogens is 5. The lowest BCUT2D eigenvalue weighted by molar-refractivity contribution is 0.0857. The van der Waals surface area contributed by atoms with E-state index in [-0.39, 0.29) is 5.41 Å². The van der Waals surface area contributed by atoms with Crippen molar-refractivity contribution in [1.29, 1.82) is 0 Å². The molecule has 11 aromatic rings. The first-order valence-electron chi connectivity index (χ1n) is 22.3. The molecule has 2 aliphatic rings. The molecule has 300 valence electrons. The summed E-state index contributed by atoms with van der Waals surface area (Å²) >= 11 is 0. The second-order valence-electron chi connectivity index (χ2n) is 18.5. The van der Waals surface area contributed by atoms with Gasteiger partial charge in [0.15, 0.2) is 17.2 Å². The Labute approximate surface area is 359 Å². The van der Waals surface area contributed by atoms with E-state index in [4.69, 9.17) is 19.4 Å². The van der Waals surface area contributed by atoms with Gasteiger partial charge >= 0.3 is 0 Å². The molecule has 6 heteroatoms. The van der Waals surface area contributed by atoms with Crippen molar-refractivity contribution >= 4 is 65.6 Å². The first-order chi connectivity index (χ1) is 30.5. The van der Waals surface area contributed by atoms with Crippen LogP contribution in [0, 0.1) is 17.8 Å². The summed E-state index contributed by atoms with van der Waals surface area (Å²) in [5.41, 5.74) is 10.3. The van der Waals surface area contributed by atoms with Crippen LogP contribution in [0.15, 0.2) is 162 Å². The van der Waals surface area contributed by atoms with Crippen LogP contribution in [-0.4, -0.2) is 24.1 Å². The molecule has 4 aromatic heterocycles. The molecular weight excluding hydrogens is 759 g/mol. The highest BCUT2D eigenvalue weighted by Crippen LogP contribution is 2.52. The van der Waals surface area contributed by atoms with Crippen molar-refractivity contribution in [3.8, 4) is 34.2 Å². The molecule has 7 aromatic carbocycles. The Morgan fingerprint density at radius 3 is 1.68 bits per heavy atom. The van der Waals surface area contributed by atoms with E-state index in [2.05, 4.69) is 181 Å². The maximum atomic E-state index is 7.02. The minimum Gasteiger partial charge on any atom is -0.454 e. The Morgan fingerprint density at radius 1 is 0.500 bits per heavy atom. The number of benzene rings is 7. The van der Waals surface area contributed by atoms with Crippen LogP contribution in [0.2, 0.25) is 0 Å². The summed E-state index contributed by atoms with van der Waals surface area (Å²) in [7, 11) is 0. The van der Waals surface area contributed by atoms with Crippen LogP contribution >= 0.6 is 0 Å². The number of nitrogens with zero attached hydrogens (tertiary/aromatic N) is 5. The molecule has 13 rings (SSSR count). The van der Waals surface area contributed by atoms with Crippen LogP contribution in [0.1, 0.15) is 51.8 Å². The van der Waals surface area contributed by atoms with E-state index in [9.17, 15) is 0 Å². The Balaban J connectivity index is 1.05. The average Bonchev–Trinajstić information content (AvgIpc) is 3.97. The molecule has 62 heavy (non-hydrogen) atoms. The molecule has 2 aliphatic carbocycles. The van der Waals surface area contributed by atoms with Gasteiger partial charge < -0.3 is 13.6 Å². The normalized spacial score (nSPS) is 20.3. The molecule has 2 saturated carbocycles. The standard InChI is InChI=1S/C56H45N5O/c1-34-29-35-31-36(30-34)33-56(2,32-35)55-58-53(37-15-5-3-6-16-37)57-54(59-55)38-25-27-40(28-26-38)60-44-22-12-9-19-41(44)47-48-42-20-10-13-23-45(42)61(39-17-7-4-8-18-39)51(48)52-49(50(47)60)43-21-11-14-24-46(43)62-52/h3-28,34-36H,29-33H2,1-2H3. The van der Waals surface area contributed by atoms with Gasteiger partial charge in [-0.25, -0.2) is 15.0 Å². The Kier molecular flexibility index (Phi) is 7.75. The Morgan fingerprint density at radius 2 is 1.02 bits per heavy atom. The van der Waals surface area contributed by atoms with E-state index >= 15 is 0 Å². The molecule has 2 fully saturated rings. The zero-order valence-corrected chi connectivity index (χ0v) is 34.9. The quantitative estimate of drug-likeness (QED) is 0.174. The van der Waals surface area contributed by atoms with Crippen molar-refractivity contribution in [2.75, 3.05) is 0 Å². The third-order valence-electron chi connectivity index (χ3n) is 14.3. The minimum absolute atomic E-state index is 0.0917. The van der Waals surface area contributed by atoms with Gasteiger partial charge in [0.25, 0.3) is 0 Å². The molecule has 0 radical (unpaired) electrons. The zero-order valence-electron chi connectivity index (χ0n) is 34.9. The van der Waals surface area contributed by atoms with Gasteiger partial charge in [-0.15, -0.1) is 0 Å². The van der Waals surface area contributed by atoms with Gasteiger partial charge in [0.1, 0.15) is 11.4 Å². The van der Waals surface area contributed by atoms with E-state index in [1.165, 1.54) is 40.8 Å². The number of para-hydroxylation sites is 4. The number of hydrogen-bond donors (Lipinski definition) is 0. The maximum Gasteiger partial charge on any atom is 0.163 e. The van der Waals surface area contributed by atoms with Crippen LogP contribution in [0.25, 0.3) is 99.7 Å². The smallest absolute Gasteiger partial charge is 0.163 e. The topological polar surface area (TPSA) is 61.7 Å². The van der Waals surface area contributed by atoms with Crippen molar-refractivity contribution in [1.82, 2.24) is 24.1 Å². The highest BCUT2D eigenvalue weighted by Gasteiger charge is 2.44. The lowest BCUT2D eigenvalue weighted by Gasteiger charge is -2.46. The lowest BCUT2D eigenvalue weighted by atomic mass is 9.59. The number of rotatable bonds is 5. The Hall–Kier alpha value is -7.05. The largest absolute Gasteiger partial charge is 0.454 e. The summed E-state index contributed by atoms with van der Waals surface area (Å²) < 4.78 is 11.9. The van der Waals surface area contributed by atoms with Gasteiger partial charge in [0.2, 0.25) is 0 Å². The minimum atomic E-state index is -0.0917. The van der Waals surface area contributed by atoms with E-state index in [0.717, 1.165) is 115 Å². The summed E-state index contributed by atoms with van der Waals surface area (Å²) in [6.07, 6.45) is 6.22. The third kappa shape index (κ3) is 5.32. The molecule has 2 atom stereocenters. The van der Waals surface area contributed by atoms with Crippen molar-refractivity contribution in [2.24, 2.45) is 17.8 Å². The summed E-state index contributed by atoms with van der Waals surface area (Å²) in [6, 6.07) is 56.1. The van der Waals surface area contributed by atoms with Gasteiger partial charge in [-0.2, -0.15) is 0 Å². The van der Waals surface area contributed by atoms with Crippen LogP contribution in [0.5, 0.6) is 0 Å². The SMILES string of the molecule is CC1CC2CC(C1)CC(C)(c1nc(-c3ccccc3)nc(-c3ccc(-n4c5ccccc5c5c6c7ccccc7n(-c7ccccc7)c6c6oc7ccccc7c6c54)cc3)n1)C2. The highest BCUT2D eigenvalue weighted by atomic mass is 16.3. The zero-order chi connectivity index (χ0) is 41.1. The van der Waals surface area contributed by atoms with Crippen LogP contribution in [0.4, 0.5) is 0 Å². The van der Waals surface area contributed by atoms with E-state index in [1.54, 1.807) is 0 Å². The lowest BCUT2D eigenvalue weighted by Crippen LogP contribution is -2.40. The van der Waals surface area contributed by atoms with E-state index in [1.807, 2.05) is 0 Å². The van der Waals surface area contributed by atoms with Crippen molar-refractivity contribution in [3.05, 3.63) is 164 Å². The molecule has 2 bridgehead atoms. The van der Waals surface area contributed by atoms with Gasteiger partial charge in [-0.3, -0.25) is 0 Å². The predicted octanol–water partition coefficient (Wildman–Crippen LogP) is 14.4. The molecule has 0 amide bonds. The van der Waals surface area contributed by atoms with Gasteiger partial charge in [-0.1, -0.05) is 117 Å². The predicted molar refractivity (Wildman–Crippen MR) is 253 cm³/mol. The molecule has 6 nitrogen and oxygen atoms in total. The maximum absolute atomic E-state index is 7.02. The Bertz CT molecular complexity index is 3530. The van der Waals surface area contributed by atoms with Gasteiger partial charge in [0, 0.05) is 54.8 Å². The fourth-order valence-corrected chi connectivity index (χ4v) is 12.0. The van der Waals surface area contributed by atoms with Crippen molar-refractivity contribution < 1.29 is 4.42 Å². The summed E-state index contributed by atoms with van der Waals surface area (Å²) in [4.78, 5) is 15.8. The van der Waals surface area contributed by atoms with Gasteiger partial charge in [0.05, 0.1) is 27.5 Å². The van der Waals surface area contributed by atoms with Crippen LogP contribution in [-0.2, 0) is 5.41 Å². The summed E-state index contributed by atoms with van der Waals surface area (Å²) in [5.74, 6) is 4.66. The summed E-state index contributed by atoms with van der Waals surface area (Å²) in [6.45, 7) is 4.85. The summed E-state index contributed by atoms with van der Waals surface area (Å²) in [5, 5.41) is 7.02.